The molecule has 0 bridgehead atoms. The Morgan fingerprint density at radius 2 is 1.77 bits per heavy atom. The molecule has 2 rings (SSSR count). The van der Waals surface area contributed by atoms with Gasteiger partial charge in [-0.1, -0.05) is 17.7 Å². The number of amides is 1. The van der Waals surface area contributed by atoms with Gasteiger partial charge in [0.1, 0.15) is 5.75 Å². The molecule has 0 saturated carbocycles. The van der Waals surface area contributed by atoms with E-state index in [9.17, 15) is 13.2 Å². The number of carbonyl (C=O) groups excluding carboxylic acids is 1. The Morgan fingerprint density at radius 1 is 1.12 bits per heavy atom. The predicted octanol–water partition coefficient (Wildman–Crippen LogP) is 3.01. The molecule has 0 spiro atoms. The minimum absolute atomic E-state index is 0.0760. The van der Waals surface area contributed by atoms with Gasteiger partial charge in [0.05, 0.1) is 17.5 Å². The average molecular weight is 376 g/mol. The van der Waals surface area contributed by atoms with Crippen molar-refractivity contribution in [1.82, 2.24) is 4.72 Å². The number of hydrogen-bond acceptors (Lipinski definition) is 4. The first-order valence-corrected chi connectivity index (χ1v) is 9.84. The molecule has 0 aliphatic carbocycles. The van der Waals surface area contributed by atoms with Crippen LogP contribution in [0.4, 0.5) is 5.69 Å². The predicted molar refractivity (Wildman–Crippen MR) is 102 cm³/mol. The molecular weight excluding hydrogens is 352 g/mol. The number of ether oxygens (including phenoxy) is 1. The first-order valence-electron chi connectivity index (χ1n) is 8.36. The van der Waals surface area contributed by atoms with E-state index < -0.39 is 22.0 Å². The highest BCUT2D eigenvalue weighted by Crippen LogP contribution is 2.18. The van der Waals surface area contributed by atoms with Crippen molar-refractivity contribution < 1.29 is 17.9 Å². The monoisotopic (exact) mass is 376 g/mol. The highest BCUT2D eigenvalue weighted by atomic mass is 32.2. The van der Waals surface area contributed by atoms with Crippen LogP contribution in [0, 0.1) is 13.8 Å². The molecular formula is C19H24N2O4S. The van der Waals surface area contributed by atoms with Gasteiger partial charge in [0.2, 0.25) is 15.9 Å². The van der Waals surface area contributed by atoms with Gasteiger partial charge in [-0.3, -0.25) is 4.79 Å². The summed E-state index contributed by atoms with van der Waals surface area (Å²) < 4.78 is 32.6. The SMILES string of the molecule is CCOc1ccc(S(=O)(=O)N[C@H](C)C(=O)Nc2ccc(C)cc2C)cc1. The number of anilines is 1. The fraction of sp³-hybridized carbons (Fsp3) is 0.316. The summed E-state index contributed by atoms with van der Waals surface area (Å²) in [5, 5.41) is 2.75. The summed E-state index contributed by atoms with van der Waals surface area (Å²) in [6, 6.07) is 10.8. The molecule has 0 fully saturated rings. The number of carbonyl (C=O) groups is 1. The van der Waals surface area contributed by atoms with E-state index in [-0.39, 0.29) is 4.90 Å². The molecule has 0 unspecified atom stereocenters. The van der Waals surface area contributed by atoms with Crippen LogP contribution in [0.3, 0.4) is 0 Å². The summed E-state index contributed by atoms with van der Waals surface area (Å²) in [5.41, 5.74) is 2.66. The molecule has 2 N–H and O–H groups in total. The van der Waals surface area contributed by atoms with Crippen molar-refractivity contribution in [1.29, 1.82) is 0 Å². The minimum atomic E-state index is -3.81. The van der Waals surface area contributed by atoms with Gasteiger partial charge in [-0.25, -0.2) is 8.42 Å². The molecule has 2 aromatic carbocycles. The lowest BCUT2D eigenvalue weighted by Crippen LogP contribution is -2.41. The summed E-state index contributed by atoms with van der Waals surface area (Å²) >= 11 is 0. The number of sulfonamides is 1. The number of aryl methyl sites for hydroxylation is 2. The second kappa shape index (κ2) is 8.33. The second-order valence-electron chi connectivity index (χ2n) is 6.06. The van der Waals surface area contributed by atoms with Gasteiger partial charge in [0.15, 0.2) is 0 Å². The lowest BCUT2D eigenvalue weighted by molar-refractivity contribution is -0.117. The van der Waals surface area contributed by atoms with Crippen LogP contribution in [0.1, 0.15) is 25.0 Å². The molecule has 0 aliphatic heterocycles. The average Bonchev–Trinajstić information content (AvgIpc) is 2.57. The van der Waals surface area contributed by atoms with E-state index in [1.165, 1.54) is 19.1 Å². The molecule has 2 aromatic rings. The van der Waals surface area contributed by atoms with Crippen molar-refractivity contribution in [2.75, 3.05) is 11.9 Å². The van der Waals surface area contributed by atoms with Crippen molar-refractivity contribution in [2.24, 2.45) is 0 Å². The molecule has 6 nitrogen and oxygen atoms in total. The zero-order valence-corrected chi connectivity index (χ0v) is 16.2. The summed E-state index contributed by atoms with van der Waals surface area (Å²) in [6.07, 6.45) is 0. The summed E-state index contributed by atoms with van der Waals surface area (Å²) in [5.74, 6) is 0.165. The molecule has 1 amide bonds. The minimum Gasteiger partial charge on any atom is -0.494 e. The Morgan fingerprint density at radius 3 is 2.35 bits per heavy atom. The van der Waals surface area contributed by atoms with Crippen LogP contribution in [0.5, 0.6) is 5.75 Å². The van der Waals surface area contributed by atoms with Crippen molar-refractivity contribution in [3.63, 3.8) is 0 Å². The maximum Gasteiger partial charge on any atom is 0.242 e. The van der Waals surface area contributed by atoms with E-state index >= 15 is 0 Å². The van der Waals surface area contributed by atoms with Crippen molar-refractivity contribution in [3.8, 4) is 5.75 Å². The van der Waals surface area contributed by atoms with Gasteiger partial charge in [0, 0.05) is 5.69 Å². The standard InChI is InChI=1S/C19H24N2O4S/c1-5-25-16-7-9-17(10-8-16)26(23,24)21-15(4)19(22)20-18-11-6-13(2)12-14(18)3/h6-12,15,21H,5H2,1-4H3,(H,20,22)/t15-/m1/s1. The summed E-state index contributed by atoms with van der Waals surface area (Å²) in [7, 11) is -3.81. The Hall–Kier alpha value is -2.38. The van der Waals surface area contributed by atoms with Crippen LogP contribution < -0.4 is 14.8 Å². The summed E-state index contributed by atoms with van der Waals surface area (Å²) in [6.45, 7) is 7.71. The molecule has 0 radical (unpaired) electrons. The van der Waals surface area contributed by atoms with Crippen LogP contribution in [0.2, 0.25) is 0 Å². The fourth-order valence-electron chi connectivity index (χ4n) is 2.43. The maximum absolute atomic E-state index is 12.4. The maximum atomic E-state index is 12.4. The Labute approximate surface area is 154 Å². The van der Waals surface area contributed by atoms with Gasteiger partial charge < -0.3 is 10.1 Å². The zero-order chi connectivity index (χ0) is 19.3. The largest absolute Gasteiger partial charge is 0.494 e. The number of hydrogen-bond donors (Lipinski definition) is 2. The lowest BCUT2D eigenvalue weighted by atomic mass is 10.1. The molecule has 0 aliphatic rings. The third-order valence-corrected chi connectivity index (χ3v) is 5.37. The quantitative estimate of drug-likeness (QED) is 0.778. The second-order valence-corrected chi connectivity index (χ2v) is 7.77. The smallest absolute Gasteiger partial charge is 0.242 e. The molecule has 140 valence electrons. The van der Waals surface area contributed by atoms with Crippen molar-refractivity contribution in [2.45, 2.75) is 38.6 Å². The number of rotatable bonds is 7. The Balaban J connectivity index is 2.06. The normalized spacial score (nSPS) is 12.5. The van der Waals surface area contributed by atoms with Crippen LogP contribution in [-0.4, -0.2) is 27.0 Å². The summed E-state index contributed by atoms with van der Waals surface area (Å²) in [4.78, 5) is 12.4. The molecule has 0 heterocycles. The Kier molecular flexibility index (Phi) is 6.39. The first kappa shape index (κ1) is 19.9. The van der Waals surface area contributed by atoms with Crippen LogP contribution >= 0.6 is 0 Å². The van der Waals surface area contributed by atoms with E-state index in [2.05, 4.69) is 10.0 Å². The van der Waals surface area contributed by atoms with Gasteiger partial charge in [-0.05, 0) is 63.6 Å². The topological polar surface area (TPSA) is 84.5 Å². The highest BCUT2D eigenvalue weighted by molar-refractivity contribution is 7.89. The van der Waals surface area contributed by atoms with Gasteiger partial charge in [-0.2, -0.15) is 4.72 Å². The van der Waals surface area contributed by atoms with Crippen molar-refractivity contribution >= 4 is 21.6 Å². The molecule has 0 aromatic heterocycles. The first-order chi connectivity index (χ1) is 12.2. The fourth-order valence-corrected chi connectivity index (χ4v) is 3.63. The highest BCUT2D eigenvalue weighted by Gasteiger charge is 2.22. The van der Waals surface area contributed by atoms with E-state index in [4.69, 9.17) is 4.74 Å². The Bertz CT molecular complexity index is 877. The number of benzene rings is 2. The van der Waals surface area contributed by atoms with Crippen LogP contribution in [0.25, 0.3) is 0 Å². The molecule has 26 heavy (non-hydrogen) atoms. The molecule has 0 saturated heterocycles. The van der Waals surface area contributed by atoms with E-state index in [1.54, 1.807) is 18.2 Å². The van der Waals surface area contributed by atoms with Gasteiger partial charge in [0.25, 0.3) is 0 Å². The van der Waals surface area contributed by atoms with Crippen LogP contribution in [-0.2, 0) is 14.8 Å². The van der Waals surface area contributed by atoms with E-state index in [0.717, 1.165) is 11.1 Å². The van der Waals surface area contributed by atoms with Gasteiger partial charge >= 0.3 is 0 Å². The van der Waals surface area contributed by atoms with Crippen molar-refractivity contribution in [3.05, 3.63) is 53.6 Å². The number of nitrogens with one attached hydrogen (secondary N) is 2. The third-order valence-electron chi connectivity index (χ3n) is 3.81. The third kappa shape index (κ3) is 5.06. The zero-order valence-electron chi connectivity index (χ0n) is 15.4. The molecule has 7 heteroatoms. The van der Waals surface area contributed by atoms with Crippen LogP contribution in [0.15, 0.2) is 47.4 Å². The lowest BCUT2D eigenvalue weighted by Gasteiger charge is -2.16. The van der Waals surface area contributed by atoms with E-state index in [0.29, 0.717) is 18.0 Å². The van der Waals surface area contributed by atoms with E-state index in [1.807, 2.05) is 32.9 Å². The van der Waals surface area contributed by atoms with Gasteiger partial charge in [-0.15, -0.1) is 0 Å². The molecule has 1 atom stereocenters.